The molecule has 3 rings (SSSR count). The second-order valence-corrected chi connectivity index (χ2v) is 7.49. The molecule has 0 radical (unpaired) electrons. The Morgan fingerprint density at radius 1 is 1.03 bits per heavy atom. The van der Waals surface area contributed by atoms with Crippen molar-refractivity contribution in [2.45, 2.75) is 20.0 Å². The molecule has 0 fully saturated rings. The van der Waals surface area contributed by atoms with Crippen molar-refractivity contribution < 1.29 is 18.4 Å². The smallest absolute Gasteiger partial charge is 0.317 e. The summed E-state index contributed by atoms with van der Waals surface area (Å²) in [7, 11) is 3.83. The molecule has 0 aliphatic carbocycles. The number of nitrogens with zero attached hydrogens (tertiary/aromatic N) is 2. The lowest BCUT2D eigenvalue weighted by molar-refractivity contribution is 0.0996. The van der Waals surface area contributed by atoms with Crippen LogP contribution >= 0.6 is 0 Å². The Kier molecular flexibility index (Phi) is 7.49. The second kappa shape index (κ2) is 10.5. The van der Waals surface area contributed by atoms with Crippen molar-refractivity contribution in [1.29, 1.82) is 0 Å². The van der Waals surface area contributed by atoms with Crippen LogP contribution in [0.15, 0.2) is 65.3 Å². The first-order chi connectivity index (χ1) is 15.4. The summed E-state index contributed by atoms with van der Waals surface area (Å²) >= 11 is 0. The maximum absolute atomic E-state index is 13.3. The van der Waals surface area contributed by atoms with E-state index in [2.05, 4.69) is 10.6 Å². The summed E-state index contributed by atoms with van der Waals surface area (Å²) in [6, 6.07) is 14.6. The van der Waals surface area contributed by atoms with Crippen LogP contribution in [-0.2, 0) is 13.1 Å². The zero-order chi connectivity index (χ0) is 23.1. The van der Waals surface area contributed by atoms with E-state index in [4.69, 9.17) is 4.42 Å². The summed E-state index contributed by atoms with van der Waals surface area (Å²) in [6.07, 6.45) is 1.44. The number of urea groups is 1. The van der Waals surface area contributed by atoms with Gasteiger partial charge in [-0.2, -0.15) is 0 Å². The van der Waals surface area contributed by atoms with Crippen molar-refractivity contribution in [2.24, 2.45) is 0 Å². The van der Waals surface area contributed by atoms with E-state index in [1.807, 2.05) is 38.1 Å². The van der Waals surface area contributed by atoms with Crippen LogP contribution in [0.1, 0.15) is 28.6 Å². The Hall–Kier alpha value is -3.81. The first-order valence-electron chi connectivity index (χ1n) is 10.3. The van der Waals surface area contributed by atoms with Crippen molar-refractivity contribution in [3.63, 3.8) is 0 Å². The van der Waals surface area contributed by atoms with Gasteiger partial charge in [-0.05, 0) is 60.5 Å². The van der Waals surface area contributed by atoms with Gasteiger partial charge in [0.25, 0.3) is 5.91 Å². The normalized spacial score (nSPS) is 10.5. The zero-order valence-electron chi connectivity index (χ0n) is 18.4. The highest BCUT2D eigenvalue weighted by Gasteiger charge is 2.18. The molecule has 1 heterocycles. The largest absolute Gasteiger partial charge is 0.459 e. The molecule has 0 unspecified atom stereocenters. The van der Waals surface area contributed by atoms with Crippen molar-refractivity contribution in [1.82, 2.24) is 10.2 Å². The van der Waals surface area contributed by atoms with E-state index in [9.17, 15) is 14.0 Å². The maximum atomic E-state index is 13.3. The third-order valence-corrected chi connectivity index (χ3v) is 4.83. The van der Waals surface area contributed by atoms with Crippen molar-refractivity contribution >= 4 is 23.3 Å². The third-order valence-electron chi connectivity index (χ3n) is 4.83. The van der Waals surface area contributed by atoms with Crippen LogP contribution in [0.4, 0.5) is 20.6 Å². The van der Waals surface area contributed by atoms with Gasteiger partial charge in [0.2, 0.25) is 0 Å². The molecule has 168 valence electrons. The topological polar surface area (TPSA) is 77.8 Å². The van der Waals surface area contributed by atoms with Gasteiger partial charge in [0.05, 0.1) is 6.26 Å². The Bertz CT molecular complexity index is 1050. The number of amides is 3. The number of hydrogen-bond acceptors (Lipinski definition) is 4. The number of hydrogen-bond donors (Lipinski definition) is 2. The number of carbonyl (C=O) groups is 2. The molecule has 0 saturated carbocycles. The fourth-order valence-electron chi connectivity index (χ4n) is 3.31. The van der Waals surface area contributed by atoms with Crippen molar-refractivity contribution in [2.75, 3.05) is 30.9 Å². The van der Waals surface area contributed by atoms with Gasteiger partial charge in [-0.1, -0.05) is 12.1 Å². The Balaban J connectivity index is 1.87. The van der Waals surface area contributed by atoms with Crippen LogP contribution in [0, 0.1) is 5.82 Å². The number of furan rings is 1. The highest BCUT2D eigenvalue weighted by atomic mass is 19.1. The monoisotopic (exact) mass is 438 g/mol. The van der Waals surface area contributed by atoms with Crippen LogP contribution in [0.3, 0.4) is 0 Å². The van der Waals surface area contributed by atoms with Gasteiger partial charge in [-0.15, -0.1) is 0 Å². The lowest BCUT2D eigenvalue weighted by atomic mass is 10.1. The van der Waals surface area contributed by atoms with E-state index >= 15 is 0 Å². The molecule has 0 spiro atoms. The van der Waals surface area contributed by atoms with Crippen molar-refractivity contribution in [3.8, 4) is 0 Å². The molecule has 3 aromatic rings. The van der Waals surface area contributed by atoms with E-state index in [0.29, 0.717) is 25.3 Å². The molecule has 3 amide bonds. The molecular weight excluding hydrogens is 411 g/mol. The van der Waals surface area contributed by atoms with Crippen LogP contribution in [0.2, 0.25) is 0 Å². The molecule has 7 nitrogen and oxygen atoms in total. The van der Waals surface area contributed by atoms with E-state index in [1.165, 1.54) is 18.4 Å². The summed E-state index contributed by atoms with van der Waals surface area (Å²) in [5.41, 5.74) is 3.16. The van der Waals surface area contributed by atoms with E-state index in [0.717, 1.165) is 16.8 Å². The summed E-state index contributed by atoms with van der Waals surface area (Å²) in [5, 5.41) is 5.65. The molecule has 0 aliphatic heterocycles. The van der Waals surface area contributed by atoms with E-state index in [1.54, 1.807) is 35.2 Å². The number of carbonyl (C=O) groups excluding carboxylic acids is 2. The molecule has 0 bridgehead atoms. The van der Waals surface area contributed by atoms with Gasteiger partial charge in [0.15, 0.2) is 5.76 Å². The number of nitrogens with one attached hydrogen (secondary N) is 2. The molecule has 2 aromatic carbocycles. The van der Waals surface area contributed by atoms with E-state index in [-0.39, 0.29) is 23.5 Å². The number of rotatable bonds is 8. The summed E-state index contributed by atoms with van der Waals surface area (Å²) < 4.78 is 18.5. The highest BCUT2D eigenvalue weighted by molar-refractivity contribution is 6.02. The van der Waals surface area contributed by atoms with Gasteiger partial charge < -0.3 is 24.9 Å². The molecule has 1 aromatic heterocycles. The van der Waals surface area contributed by atoms with Gasteiger partial charge in [-0.3, -0.25) is 4.79 Å². The fraction of sp³-hybridized carbons (Fsp3) is 0.250. The predicted molar refractivity (Wildman–Crippen MR) is 122 cm³/mol. The lowest BCUT2D eigenvalue weighted by Crippen LogP contribution is -2.39. The Morgan fingerprint density at radius 2 is 1.78 bits per heavy atom. The molecule has 2 N–H and O–H groups in total. The van der Waals surface area contributed by atoms with Gasteiger partial charge in [0, 0.05) is 45.1 Å². The maximum Gasteiger partial charge on any atom is 0.317 e. The highest BCUT2D eigenvalue weighted by Crippen LogP contribution is 2.26. The predicted octanol–water partition coefficient (Wildman–Crippen LogP) is 4.47. The van der Waals surface area contributed by atoms with Crippen LogP contribution in [-0.4, -0.2) is 37.5 Å². The first-order valence-corrected chi connectivity index (χ1v) is 10.3. The Labute approximate surface area is 186 Å². The summed E-state index contributed by atoms with van der Waals surface area (Å²) in [5.74, 6) is -0.470. The molecule has 8 heteroatoms. The minimum Gasteiger partial charge on any atom is -0.459 e. The van der Waals surface area contributed by atoms with Gasteiger partial charge in [0.1, 0.15) is 5.82 Å². The molecule has 0 atom stereocenters. The number of benzene rings is 2. The molecule has 0 saturated heterocycles. The average molecular weight is 439 g/mol. The van der Waals surface area contributed by atoms with Gasteiger partial charge in [-0.25, -0.2) is 9.18 Å². The van der Waals surface area contributed by atoms with Crippen LogP contribution in [0.25, 0.3) is 0 Å². The standard InChI is InChI=1S/C24H27FN4O3/c1-4-26-24(31)29(15-17-7-9-19(25)10-8-17)16-18-14-20(11-12-21(18)28(2)3)27-23(30)22-6-5-13-32-22/h5-14H,4,15-16H2,1-3H3,(H,26,31)(H,27,30). The average Bonchev–Trinajstić information content (AvgIpc) is 3.30. The van der Waals surface area contributed by atoms with Crippen LogP contribution in [0.5, 0.6) is 0 Å². The first kappa shape index (κ1) is 22.9. The number of halogens is 1. The minimum absolute atomic E-state index is 0.212. The van der Waals surface area contributed by atoms with Crippen LogP contribution < -0.4 is 15.5 Å². The van der Waals surface area contributed by atoms with Crippen molar-refractivity contribution in [3.05, 3.63) is 83.6 Å². The minimum atomic E-state index is -0.356. The quantitative estimate of drug-likeness (QED) is 0.544. The Morgan fingerprint density at radius 3 is 2.41 bits per heavy atom. The zero-order valence-corrected chi connectivity index (χ0v) is 18.4. The van der Waals surface area contributed by atoms with E-state index < -0.39 is 0 Å². The third kappa shape index (κ3) is 5.87. The van der Waals surface area contributed by atoms with Gasteiger partial charge >= 0.3 is 6.03 Å². The SMILES string of the molecule is CCNC(=O)N(Cc1ccc(F)cc1)Cc1cc(NC(=O)c2ccco2)ccc1N(C)C. The molecular formula is C24H27FN4O3. The lowest BCUT2D eigenvalue weighted by Gasteiger charge is -2.26. The molecule has 0 aliphatic rings. The summed E-state index contributed by atoms with van der Waals surface area (Å²) in [4.78, 5) is 28.7. The number of anilines is 2. The summed E-state index contributed by atoms with van der Waals surface area (Å²) in [6.45, 7) is 2.94. The fourth-order valence-corrected chi connectivity index (χ4v) is 3.31. The molecule has 32 heavy (non-hydrogen) atoms. The second-order valence-electron chi connectivity index (χ2n) is 7.49.